The second-order valence-electron chi connectivity index (χ2n) is 0.707. The molecule has 0 saturated carbocycles. The van der Waals surface area contributed by atoms with Crippen molar-refractivity contribution in [1.29, 1.82) is 0 Å². The van der Waals surface area contributed by atoms with Crippen LogP contribution in [0.25, 0.3) is 0 Å². The molecule has 0 spiro atoms. The molecule has 0 radical (unpaired) electrons. The Kier molecular flexibility index (Phi) is 67.8. The van der Waals surface area contributed by atoms with Gasteiger partial charge < -0.3 is 5.48 Å². The predicted octanol–water partition coefficient (Wildman–Crippen LogP) is -1.76. The van der Waals surface area contributed by atoms with E-state index in [0.717, 1.165) is 0 Å². The number of hydrogen-bond donors (Lipinski definition) is 0. The van der Waals surface area contributed by atoms with Crippen molar-refractivity contribution in [3.05, 3.63) is 0 Å². The van der Waals surface area contributed by atoms with Gasteiger partial charge in [-0.2, -0.15) is 0 Å². The monoisotopic (exact) mass is 84.1 g/mol. The van der Waals surface area contributed by atoms with Crippen molar-refractivity contribution < 1.29 is 35.0 Å². The van der Waals surface area contributed by atoms with Crippen LogP contribution >= 0.6 is 0 Å². The van der Waals surface area contributed by atoms with Crippen molar-refractivity contribution in [1.82, 2.24) is 0 Å². The molecule has 0 aliphatic rings. The first-order valence-electron chi connectivity index (χ1n) is 1.41. The van der Waals surface area contributed by atoms with Gasteiger partial charge in [-0.25, -0.2) is 0 Å². The maximum absolute atomic E-state index is 2.12. The molecule has 0 aromatic heterocycles. The molecule has 0 unspecified atom stereocenters. The quantitative estimate of drug-likeness (QED) is 0.320. The van der Waals surface area contributed by atoms with Crippen molar-refractivity contribution >= 4 is 0 Å². The van der Waals surface area contributed by atoms with Gasteiger partial charge in [0, 0.05) is 0 Å². The summed E-state index contributed by atoms with van der Waals surface area (Å²) in [4.78, 5) is 0. The Morgan fingerprint density at radius 2 is 1.20 bits per heavy atom. The van der Waals surface area contributed by atoms with Gasteiger partial charge in [-0.1, -0.05) is 20.3 Å². The van der Waals surface area contributed by atoms with Gasteiger partial charge in [-0.3, -0.25) is 0 Å². The third kappa shape index (κ3) is 47.2. The molecule has 0 rings (SSSR count). The van der Waals surface area contributed by atoms with Crippen LogP contribution in [-0.2, 0) is 0 Å². The molecule has 0 fully saturated rings. The van der Waals surface area contributed by atoms with Gasteiger partial charge in [0.05, 0.1) is 0 Å². The summed E-state index contributed by atoms with van der Waals surface area (Å²) in [5.41, 5.74) is 0. The molecule has 0 atom stereocenters. The summed E-state index contributed by atoms with van der Waals surface area (Å²) in [5.74, 6) is 0. The predicted molar refractivity (Wildman–Crippen MR) is 17.9 cm³/mol. The van der Waals surface area contributed by atoms with E-state index in [4.69, 9.17) is 0 Å². The molecule has 1 nitrogen and oxygen atoms in total. The molecule has 0 aliphatic carbocycles. The van der Waals surface area contributed by atoms with Crippen LogP contribution in [0.4, 0.5) is 0 Å². The van der Waals surface area contributed by atoms with Gasteiger partial charge in [-0.15, -0.1) is 0 Å². The molecular formula is C3H9NaO. The van der Waals surface area contributed by atoms with Crippen LogP contribution in [-0.4, -0.2) is 5.48 Å². The zero-order valence-electron chi connectivity index (χ0n) is 4.15. The zero-order valence-corrected chi connectivity index (χ0v) is 6.15. The van der Waals surface area contributed by atoms with Gasteiger partial charge in [0.1, 0.15) is 0 Å². The summed E-state index contributed by atoms with van der Waals surface area (Å²) in [6, 6.07) is 0. The van der Waals surface area contributed by atoms with E-state index in [0.29, 0.717) is 0 Å². The minimum Gasteiger partial charge on any atom is -0.870 e. The Hall–Kier alpha value is 0.960. The molecule has 0 amide bonds. The zero-order chi connectivity index (χ0) is 2.71. The molecule has 28 valence electrons. The summed E-state index contributed by atoms with van der Waals surface area (Å²) in [6.45, 7) is 4.25. The fourth-order valence-corrected chi connectivity index (χ4v) is 0. The van der Waals surface area contributed by atoms with Crippen LogP contribution in [0, 0.1) is 0 Å². The molecule has 0 aliphatic heterocycles. The SMILES string of the molecule is CCC.[Na+].[OH-]. The van der Waals surface area contributed by atoms with E-state index in [1.165, 1.54) is 6.42 Å². The Bertz CT molecular complexity index is 6.85. The van der Waals surface area contributed by atoms with E-state index in [-0.39, 0.29) is 35.0 Å². The molecule has 5 heavy (non-hydrogen) atoms. The molecule has 0 heterocycles. The first-order valence-corrected chi connectivity index (χ1v) is 1.41. The van der Waals surface area contributed by atoms with Gasteiger partial charge >= 0.3 is 29.6 Å². The Morgan fingerprint density at radius 3 is 1.20 bits per heavy atom. The average molecular weight is 84.1 g/mol. The number of rotatable bonds is 0. The van der Waals surface area contributed by atoms with Crippen molar-refractivity contribution in [3.63, 3.8) is 0 Å². The van der Waals surface area contributed by atoms with Crippen LogP contribution in [0.3, 0.4) is 0 Å². The smallest absolute Gasteiger partial charge is 0.870 e. The largest absolute Gasteiger partial charge is 1.00 e. The first kappa shape index (κ1) is 16.7. The van der Waals surface area contributed by atoms with E-state index >= 15 is 0 Å². The minimum absolute atomic E-state index is 0. The molecule has 2 heteroatoms. The standard InChI is InChI=1S/C3H8.Na.H2O/c1-3-2;;/h3H2,1-2H3;;1H2/q;+1;/p-1. The van der Waals surface area contributed by atoms with Crippen molar-refractivity contribution in [3.8, 4) is 0 Å². The van der Waals surface area contributed by atoms with Crippen molar-refractivity contribution in [2.75, 3.05) is 0 Å². The summed E-state index contributed by atoms with van der Waals surface area (Å²) in [7, 11) is 0. The fourth-order valence-electron chi connectivity index (χ4n) is 0. The molecule has 0 aromatic carbocycles. The van der Waals surface area contributed by atoms with Crippen LogP contribution in [0.2, 0.25) is 0 Å². The third-order valence-corrected chi connectivity index (χ3v) is 0. The van der Waals surface area contributed by atoms with E-state index in [9.17, 15) is 0 Å². The molecule has 0 aromatic rings. The van der Waals surface area contributed by atoms with Gasteiger partial charge in [0.25, 0.3) is 0 Å². The summed E-state index contributed by atoms with van der Waals surface area (Å²) in [5, 5.41) is 0. The van der Waals surface area contributed by atoms with Crippen LogP contribution in [0.5, 0.6) is 0 Å². The van der Waals surface area contributed by atoms with E-state index in [2.05, 4.69) is 13.8 Å². The van der Waals surface area contributed by atoms with Gasteiger partial charge in [0.2, 0.25) is 0 Å². The van der Waals surface area contributed by atoms with E-state index < -0.39 is 0 Å². The molecular weight excluding hydrogens is 75.0 g/mol. The van der Waals surface area contributed by atoms with Crippen molar-refractivity contribution in [2.45, 2.75) is 20.3 Å². The molecule has 0 bridgehead atoms. The fraction of sp³-hybridized carbons (Fsp3) is 1.00. The van der Waals surface area contributed by atoms with Crippen molar-refractivity contribution in [2.24, 2.45) is 0 Å². The van der Waals surface area contributed by atoms with Crippen LogP contribution < -0.4 is 29.6 Å². The summed E-state index contributed by atoms with van der Waals surface area (Å²) >= 11 is 0. The first-order chi connectivity index (χ1) is 1.41. The minimum atomic E-state index is 0. The average Bonchev–Trinajstić information content (AvgIpc) is 0.918. The van der Waals surface area contributed by atoms with Crippen LogP contribution in [0.15, 0.2) is 0 Å². The Balaban J connectivity index is -0.0000000200. The number of hydrogen-bond acceptors (Lipinski definition) is 1. The summed E-state index contributed by atoms with van der Waals surface area (Å²) < 4.78 is 0. The van der Waals surface area contributed by atoms with Crippen LogP contribution in [0.1, 0.15) is 20.3 Å². The second kappa shape index (κ2) is 20.2. The van der Waals surface area contributed by atoms with Gasteiger partial charge in [0.15, 0.2) is 0 Å². The Labute approximate surface area is 55.4 Å². The second-order valence-corrected chi connectivity index (χ2v) is 0.707. The Morgan fingerprint density at radius 1 is 1.20 bits per heavy atom. The normalized spacial score (nSPS) is 3.60. The maximum atomic E-state index is 2.12. The van der Waals surface area contributed by atoms with E-state index in [1.807, 2.05) is 0 Å². The molecule has 0 saturated heterocycles. The maximum Gasteiger partial charge on any atom is 1.00 e. The summed E-state index contributed by atoms with van der Waals surface area (Å²) in [6.07, 6.45) is 1.25. The van der Waals surface area contributed by atoms with E-state index in [1.54, 1.807) is 0 Å². The molecule has 1 N–H and O–H groups in total. The topological polar surface area (TPSA) is 30.0 Å². The third-order valence-electron chi connectivity index (χ3n) is 0. The van der Waals surface area contributed by atoms with Gasteiger partial charge in [-0.05, 0) is 0 Å².